The molecule has 1 aromatic heterocycles. The van der Waals surface area contributed by atoms with Crippen LogP contribution in [0, 0.1) is 5.92 Å². The van der Waals surface area contributed by atoms with Crippen molar-refractivity contribution in [1.82, 2.24) is 15.5 Å². The second-order valence-corrected chi connectivity index (χ2v) is 5.38. The number of benzene rings is 1. The Bertz CT molecular complexity index is 588. The van der Waals surface area contributed by atoms with Gasteiger partial charge in [-0.25, -0.2) is 0 Å². The van der Waals surface area contributed by atoms with Crippen molar-refractivity contribution in [3.8, 4) is 0 Å². The van der Waals surface area contributed by atoms with Gasteiger partial charge in [-0.3, -0.25) is 9.89 Å². The summed E-state index contributed by atoms with van der Waals surface area (Å²) in [7, 11) is 0. The number of aromatic amines is 1. The zero-order valence-corrected chi connectivity index (χ0v) is 11.5. The van der Waals surface area contributed by atoms with E-state index in [0.717, 1.165) is 17.3 Å². The molecule has 0 bridgehead atoms. The molecule has 1 heterocycles. The lowest BCUT2D eigenvalue weighted by Gasteiger charge is -2.15. The number of amides is 1. The first-order chi connectivity index (χ1) is 8.97. The van der Waals surface area contributed by atoms with E-state index in [-0.39, 0.29) is 11.9 Å². The van der Waals surface area contributed by atoms with Crippen LogP contribution in [-0.2, 0) is 0 Å². The Kier molecular flexibility index (Phi) is 3.74. The molecule has 5 heteroatoms. The third kappa shape index (κ3) is 3.05. The maximum absolute atomic E-state index is 12.2. The van der Waals surface area contributed by atoms with Gasteiger partial charge in [0.2, 0.25) is 0 Å². The molecule has 1 unspecified atom stereocenters. The van der Waals surface area contributed by atoms with Crippen molar-refractivity contribution in [3.63, 3.8) is 0 Å². The number of carbonyl (C=O) groups excluding carboxylic acids is 1. The summed E-state index contributed by atoms with van der Waals surface area (Å²) in [5.74, 6) is 0.381. The number of aromatic nitrogens is 2. The smallest absolute Gasteiger partial charge is 0.272 e. The Hall–Kier alpha value is -2.04. The standard InChI is InChI=1S/C14H20N4O/c1-8(2)6-9(3)16-14(19)13-11-7-10(15)4-5-12(11)17-18-13/h4-5,7-9H,6,15H2,1-3H3,(H,16,19)(H,17,18). The van der Waals surface area contributed by atoms with Gasteiger partial charge in [-0.2, -0.15) is 5.10 Å². The monoisotopic (exact) mass is 260 g/mol. The van der Waals surface area contributed by atoms with Gasteiger partial charge in [-0.05, 0) is 37.5 Å². The van der Waals surface area contributed by atoms with Crippen LogP contribution in [0.3, 0.4) is 0 Å². The summed E-state index contributed by atoms with van der Waals surface area (Å²) in [5, 5.41) is 10.6. The highest BCUT2D eigenvalue weighted by molar-refractivity contribution is 6.05. The molecular formula is C14H20N4O. The normalized spacial score (nSPS) is 12.8. The van der Waals surface area contributed by atoms with Crippen LogP contribution in [0.4, 0.5) is 5.69 Å². The summed E-state index contributed by atoms with van der Waals surface area (Å²) in [6.07, 6.45) is 0.941. The first-order valence-corrected chi connectivity index (χ1v) is 6.52. The molecule has 5 nitrogen and oxygen atoms in total. The lowest BCUT2D eigenvalue weighted by Crippen LogP contribution is -2.33. The highest BCUT2D eigenvalue weighted by Crippen LogP contribution is 2.19. The van der Waals surface area contributed by atoms with Crippen LogP contribution in [0.15, 0.2) is 18.2 Å². The summed E-state index contributed by atoms with van der Waals surface area (Å²) in [6, 6.07) is 5.50. The Morgan fingerprint density at radius 2 is 2.16 bits per heavy atom. The molecule has 19 heavy (non-hydrogen) atoms. The van der Waals surface area contributed by atoms with E-state index in [0.29, 0.717) is 17.3 Å². The van der Waals surface area contributed by atoms with Crippen molar-refractivity contribution in [2.45, 2.75) is 33.2 Å². The van der Waals surface area contributed by atoms with E-state index in [1.54, 1.807) is 12.1 Å². The minimum Gasteiger partial charge on any atom is -0.399 e. The van der Waals surface area contributed by atoms with Crippen molar-refractivity contribution in [1.29, 1.82) is 0 Å². The molecule has 0 aliphatic rings. The molecule has 0 aliphatic carbocycles. The second kappa shape index (κ2) is 5.30. The second-order valence-electron chi connectivity index (χ2n) is 5.38. The van der Waals surface area contributed by atoms with E-state index in [4.69, 9.17) is 5.73 Å². The van der Waals surface area contributed by atoms with Crippen LogP contribution < -0.4 is 11.1 Å². The topological polar surface area (TPSA) is 83.8 Å². The van der Waals surface area contributed by atoms with E-state index in [1.807, 2.05) is 13.0 Å². The maximum atomic E-state index is 12.2. The van der Waals surface area contributed by atoms with Gasteiger partial charge >= 0.3 is 0 Å². The average Bonchev–Trinajstić information content (AvgIpc) is 2.70. The van der Waals surface area contributed by atoms with Crippen LogP contribution >= 0.6 is 0 Å². The van der Waals surface area contributed by atoms with Gasteiger partial charge in [0.15, 0.2) is 5.69 Å². The number of carbonyl (C=O) groups is 1. The van der Waals surface area contributed by atoms with E-state index in [2.05, 4.69) is 29.4 Å². The highest BCUT2D eigenvalue weighted by atomic mass is 16.2. The van der Waals surface area contributed by atoms with Gasteiger partial charge in [0.1, 0.15) is 0 Å². The van der Waals surface area contributed by atoms with Crippen molar-refractivity contribution in [3.05, 3.63) is 23.9 Å². The summed E-state index contributed by atoms with van der Waals surface area (Å²) in [6.45, 7) is 6.27. The van der Waals surface area contributed by atoms with E-state index in [1.165, 1.54) is 0 Å². The van der Waals surface area contributed by atoms with Crippen LogP contribution in [0.1, 0.15) is 37.7 Å². The molecule has 0 saturated heterocycles. The van der Waals surface area contributed by atoms with Crippen LogP contribution in [0.5, 0.6) is 0 Å². The number of nitrogens with two attached hydrogens (primary N) is 1. The highest BCUT2D eigenvalue weighted by Gasteiger charge is 2.16. The fraction of sp³-hybridized carbons (Fsp3) is 0.429. The number of anilines is 1. The molecular weight excluding hydrogens is 240 g/mol. The average molecular weight is 260 g/mol. The SMILES string of the molecule is CC(C)CC(C)NC(=O)c1n[nH]c2ccc(N)cc12. The molecule has 0 aliphatic heterocycles. The van der Waals surface area contributed by atoms with Crippen LogP contribution in [-0.4, -0.2) is 22.1 Å². The fourth-order valence-electron chi connectivity index (χ4n) is 2.26. The third-order valence-corrected chi connectivity index (χ3v) is 3.00. The number of H-pyrrole nitrogens is 1. The summed E-state index contributed by atoms with van der Waals surface area (Å²) < 4.78 is 0. The zero-order valence-electron chi connectivity index (χ0n) is 11.5. The van der Waals surface area contributed by atoms with Crippen molar-refractivity contribution >= 4 is 22.5 Å². The molecule has 2 aromatic rings. The number of nitrogens with zero attached hydrogens (tertiary/aromatic N) is 1. The lowest BCUT2D eigenvalue weighted by molar-refractivity contribution is 0.0932. The van der Waals surface area contributed by atoms with Gasteiger partial charge < -0.3 is 11.1 Å². The van der Waals surface area contributed by atoms with Gasteiger partial charge in [0.25, 0.3) is 5.91 Å². The van der Waals surface area contributed by atoms with Crippen molar-refractivity contribution in [2.24, 2.45) is 5.92 Å². The molecule has 0 radical (unpaired) electrons. The minimum atomic E-state index is -0.162. The lowest BCUT2D eigenvalue weighted by atomic mass is 10.1. The zero-order chi connectivity index (χ0) is 14.0. The molecule has 1 atom stereocenters. The van der Waals surface area contributed by atoms with Crippen LogP contribution in [0.2, 0.25) is 0 Å². The van der Waals surface area contributed by atoms with E-state index >= 15 is 0 Å². The van der Waals surface area contributed by atoms with Crippen molar-refractivity contribution < 1.29 is 4.79 Å². The third-order valence-electron chi connectivity index (χ3n) is 3.00. The quantitative estimate of drug-likeness (QED) is 0.737. The largest absolute Gasteiger partial charge is 0.399 e. The summed E-state index contributed by atoms with van der Waals surface area (Å²) in [5.41, 5.74) is 7.59. The molecule has 1 amide bonds. The number of fused-ring (bicyclic) bond motifs is 1. The molecule has 1 aromatic carbocycles. The number of hydrogen-bond acceptors (Lipinski definition) is 3. The Balaban J connectivity index is 2.19. The van der Waals surface area contributed by atoms with Crippen molar-refractivity contribution in [2.75, 3.05) is 5.73 Å². The predicted octanol–water partition coefficient (Wildman–Crippen LogP) is 2.31. The predicted molar refractivity (Wildman–Crippen MR) is 76.9 cm³/mol. The Morgan fingerprint density at radius 3 is 2.84 bits per heavy atom. The maximum Gasteiger partial charge on any atom is 0.272 e. The fourth-order valence-corrected chi connectivity index (χ4v) is 2.26. The van der Waals surface area contributed by atoms with Gasteiger partial charge in [-0.1, -0.05) is 13.8 Å². The molecule has 2 rings (SSSR count). The van der Waals surface area contributed by atoms with Crippen LogP contribution in [0.25, 0.3) is 10.9 Å². The summed E-state index contributed by atoms with van der Waals surface area (Å²) >= 11 is 0. The summed E-state index contributed by atoms with van der Waals surface area (Å²) in [4.78, 5) is 12.2. The first kappa shape index (κ1) is 13.4. The van der Waals surface area contributed by atoms with E-state index in [9.17, 15) is 4.79 Å². The molecule has 102 valence electrons. The van der Waals surface area contributed by atoms with Gasteiger partial charge in [0, 0.05) is 17.1 Å². The molecule has 0 spiro atoms. The molecule has 0 saturated carbocycles. The minimum absolute atomic E-state index is 0.125. The number of hydrogen-bond donors (Lipinski definition) is 3. The Morgan fingerprint density at radius 1 is 1.42 bits per heavy atom. The Labute approximate surface area is 112 Å². The van der Waals surface area contributed by atoms with Gasteiger partial charge in [0.05, 0.1) is 5.52 Å². The number of rotatable bonds is 4. The van der Waals surface area contributed by atoms with Gasteiger partial charge in [-0.15, -0.1) is 0 Å². The molecule has 0 fully saturated rings. The first-order valence-electron chi connectivity index (χ1n) is 6.52. The number of nitrogens with one attached hydrogen (secondary N) is 2. The number of nitrogen functional groups attached to an aromatic ring is 1. The van der Waals surface area contributed by atoms with E-state index < -0.39 is 0 Å². The molecule has 4 N–H and O–H groups in total.